The molecule has 2 heterocycles. The lowest BCUT2D eigenvalue weighted by atomic mass is 10.0. The third-order valence-corrected chi connectivity index (χ3v) is 5.85. The van der Waals surface area contributed by atoms with Crippen molar-refractivity contribution in [3.63, 3.8) is 0 Å². The molecule has 0 aliphatic carbocycles. The van der Waals surface area contributed by atoms with Gasteiger partial charge in [0.2, 0.25) is 5.91 Å². The third-order valence-electron chi connectivity index (χ3n) is 5.85. The number of hydrogen-bond donors (Lipinski definition) is 2. The second-order valence-electron chi connectivity index (χ2n) is 7.83. The van der Waals surface area contributed by atoms with E-state index in [1.54, 1.807) is 29.4 Å². The van der Waals surface area contributed by atoms with Crippen molar-refractivity contribution in [3.05, 3.63) is 70.9 Å². The first-order valence-electron chi connectivity index (χ1n) is 10.0. The summed E-state index contributed by atoms with van der Waals surface area (Å²) in [6.07, 6.45) is 0.949. The monoisotopic (exact) mass is 406 g/mol. The van der Waals surface area contributed by atoms with E-state index in [0.717, 1.165) is 25.1 Å². The minimum absolute atomic E-state index is 0.0633. The molecule has 0 unspecified atom stereocenters. The maximum Gasteiger partial charge on any atom is 0.274 e. The van der Waals surface area contributed by atoms with Crippen LogP contribution in [0.2, 0.25) is 0 Å². The Hall–Kier alpha value is -3.16. The van der Waals surface area contributed by atoms with Gasteiger partial charge < -0.3 is 9.47 Å². The number of benzene rings is 2. The van der Waals surface area contributed by atoms with Gasteiger partial charge in [-0.15, -0.1) is 0 Å². The van der Waals surface area contributed by atoms with E-state index in [2.05, 4.69) is 33.7 Å². The molecule has 7 nitrogen and oxygen atoms in total. The number of hydroxylamine groups is 1. The Bertz CT molecular complexity index is 1090. The molecular formula is C23H26N4O3. The average molecular weight is 406 g/mol. The van der Waals surface area contributed by atoms with E-state index in [1.165, 1.54) is 22.2 Å². The predicted octanol–water partition coefficient (Wildman–Crippen LogP) is 2.60. The van der Waals surface area contributed by atoms with Crippen molar-refractivity contribution in [1.82, 2.24) is 19.8 Å². The summed E-state index contributed by atoms with van der Waals surface area (Å²) in [4.78, 5) is 27.3. The van der Waals surface area contributed by atoms with Gasteiger partial charge in [-0.25, -0.2) is 5.48 Å². The van der Waals surface area contributed by atoms with Gasteiger partial charge in [-0.2, -0.15) is 0 Å². The molecular weight excluding hydrogens is 380 g/mol. The number of rotatable bonds is 5. The van der Waals surface area contributed by atoms with Gasteiger partial charge in [0.1, 0.15) is 0 Å². The molecule has 1 aliphatic heterocycles. The van der Waals surface area contributed by atoms with Crippen molar-refractivity contribution < 1.29 is 14.8 Å². The van der Waals surface area contributed by atoms with E-state index in [1.807, 2.05) is 19.2 Å². The summed E-state index contributed by atoms with van der Waals surface area (Å²) in [6.45, 7) is 4.60. The van der Waals surface area contributed by atoms with Gasteiger partial charge >= 0.3 is 0 Å². The highest BCUT2D eigenvalue weighted by Crippen LogP contribution is 2.31. The zero-order chi connectivity index (χ0) is 21.3. The predicted molar refractivity (Wildman–Crippen MR) is 114 cm³/mol. The Morgan fingerprint density at radius 3 is 2.57 bits per heavy atom. The van der Waals surface area contributed by atoms with Crippen LogP contribution in [0, 0.1) is 0 Å². The van der Waals surface area contributed by atoms with Crippen LogP contribution < -0.4 is 5.48 Å². The number of fused-ring (bicyclic) bond motifs is 3. The van der Waals surface area contributed by atoms with Crippen molar-refractivity contribution >= 4 is 22.7 Å². The van der Waals surface area contributed by atoms with Gasteiger partial charge in [-0.1, -0.05) is 30.3 Å². The number of para-hydroxylation sites is 1. The van der Waals surface area contributed by atoms with Crippen molar-refractivity contribution in [2.24, 2.45) is 0 Å². The fourth-order valence-electron chi connectivity index (χ4n) is 4.16. The normalized spacial score (nSPS) is 13.8. The first-order chi connectivity index (χ1) is 14.5. The van der Waals surface area contributed by atoms with Crippen molar-refractivity contribution in [2.75, 3.05) is 20.3 Å². The molecule has 7 heteroatoms. The number of nitrogens with zero attached hydrogens (tertiary/aromatic N) is 3. The highest BCUT2D eigenvalue weighted by molar-refractivity contribution is 5.93. The minimum Gasteiger partial charge on any atom is -0.339 e. The van der Waals surface area contributed by atoms with Crippen LogP contribution in [0.5, 0.6) is 0 Å². The summed E-state index contributed by atoms with van der Waals surface area (Å²) in [5, 5.41) is 10.1. The van der Waals surface area contributed by atoms with Crippen LogP contribution in [0.4, 0.5) is 0 Å². The average Bonchev–Trinajstić information content (AvgIpc) is 3.07. The Labute approximate surface area is 175 Å². The van der Waals surface area contributed by atoms with Crippen LogP contribution in [0.25, 0.3) is 10.9 Å². The molecule has 0 saturated heterocycles. The Balaban J connectivity index is 1.66. The summed E-state index contributed by atoms with van der Waals surface area (Å²) in [5.41, 5.74) is 7.00. The Morgan fingerprint density at radius 2 is 1.87 bits per heavy atom. The summed E-state index contributed by atoms with van der Waals surface area (Å²) in [6, 6.07) is 15.7. The SMILES string of the molecule is CC(=O)N(C)CN1CCc2c(n(Cc3ccc(C(=O)NO)cc3)c3ccccc23)C1. The van der Waals surface area contributed by atoms with Crippen LogP contribution in [-0.2, 0) is 24.3 Å². The molecule has 0 spiro atoms. The molecule has 156 valence electrons. The molecule has 1 aliphatic rings. The molecule has 0 atom stereocenters. The largest absolute Gasteiger partial charge is 0.339 e. The topological polar surface area (TPSA) is 77.8 Å². The first-order valence-corrected chi connectivity index (χ1v) is 10.0. The molecule has 2 aromatic carbocycles. The second kappa shape index (κ2) is 8.30. The molecule has 2 amide bonds. The standard InChI is InChI=1S/C23H26N4O3/c1-16(28)25(2)15-26-12-11-20-19-5-3-4-6-21(19)27(22(20)14-26)13-17-7-9-18(10-8-17)23(29)24-30/h3-10,30H,11-15H2,1-2H3,(H,24,29). The smallest absolute Gasteiger partial charge is 0.274 e. The molecule has 0 radical (unpaired) electrons. The fraction of sp³-hybridized carbons (Fsp3) is 0.304. The van der Waals surface area contributed by atoms with Crippen LogP contribution in [0.15, 0.2) is 48.5 Å². The maximum atomic E-state index is 11.7. The highest BCUT2D eigenvalue weighted by atomic mass is 16.5. The van der Waals surface area contributed by atoms with Crippen LogP contribution >= 0.6 is 0 Å². The highest BCUT2D eigenvalue weighted by Gasteiger charge is 2.25. The number of amides is 2. The summed E-state index contributed by atoms with van der Waals surface area (Å²) in [7, 11) is 1.83. The van der Waals surface area contributed by atoms with Gasteiger partial charge in [-0.3, -0.25) is 19.7 Å². The van der Waals surface area contributed by atoms with Gasteiger partial charge in [0, 0.05) is 55.8 Å². The summed E-state index contributed by atoms with van der Waals surface area (Å²) < 4.78 is 2.34. The molecule has 0 bridgehead atoms. The fourth-order valence-corrected chi connectivity index (χ4v) is 4.16. The minimum atomic E-state index is -0.518. The zero-order valence-corrected chi connectivity index (χ0v) is 17.3. The number of carbonyl (C=O) groups is 2. The molecule has 1 aromatic heterocycles. The van der Waals surface area contributed by atoms with Gasteiger partial charge in [-0.05, 0) is 35.7 Å². The Morgan fingerprint density at radius 1 is 1.13 bits per heavy atom. The zero-order valence-electron chi connectivity index (χ0n) is 17.3. The van der Waals surface area contributed by atoms with E-state index in [0.29, 0.717) is 18.8 Å². The number of hydrogen-bond acceptors (Lipinski definition) is 4. The summed E-state index contributed by atoms with van der Waals surface area (Å²) >= 11 is 0. The van der Waals surface area contributed by atoms with E-state index < -0.39 is 5.91 Å². The van der Waals surface area contributed by atoms with Crippen molar-refractivity contribution in [2.45, 2.75) is 26.4 Å². The lowest BCUT2D eigenvalue weighted by Crippen LogP contribution is -2.41. The number of carbonyl (C=O) groups excluding carboxylic acids is 2. The van der Waals surface area contributed by atoms with Crippen molar-refractivity contribution in [3.8, 4) is 0 Å². The molecule has 0 saturated carbocycles. The Kier molecular flexibility index (Phi) is 5.57. The van der Waals surface area contributed by atoms with Crippen molar-refractivity contribution in [1.29, 1.82) is 0 Å². The van der Waals surface area contributed by atoms with E-state index in [4.69, 9.17) is 5.21 Å². The van der Waals surface area contributed by atoms with E-state index >= 15 is 0 Å². The molecule has 30 heavy (non-hydrogen) atoms. The van der Waals surface area contributed by atoms with Gasteiger partial charge in [0.05, 0.1) is 6.67 Å². The second-order valence-corrected chi connectivity index (χ2v) is 7.83. The molecule has 2 N–H and O–H groups in total. The van der Waals surface area contributed by atoms with Crippen LogP contribution in [-0.4, -0.2) is 51.6 Å². The van der Waals surface area contributed by atoms with Gasteiger partial charge in [0.15, 0.2) is 0 Å². The lowest BCUT2D eigenvalue weighted by Gasteiger charge is -2.31. The first kappa shape index (κ1) is 20.1. The molecule has 4 rings (SSSR count). The van der Waals surface area contributed by atoms with Gasteiger partial charge in [0.25, 0.3) is 5.91 Å². The summed E-state index contributed by atoms with van der Waals surface area (Å²) in [5.74, 6) is -0.455. The quantitative estimate of drug-likeness (QED) is 0.504. The third kappa shape index (κ3) is 3.81. The van der Waals surface area contributed by atoms with E-state index in [9.17, 15) is 9.59 Å². The number of nitrogens with one attached hydrogen (secondary N) is 1. The van der Waals surface area contributed by atoms with E-state index in [-0.39, 0.29) is 5.91 Å². The van der Waals surface area contributed by atoms with Crippen LogP contribution in [0.3, 0.4) is 0 Å². The number of aromatic nitrogens is 1. The van der Waals surface area contributed by atoms with Crippen LogP contribution in [0.1, 0.15) is 34.1 Å². The molecule has 0 fully saturated rings. The lowest BCUT2D eigenvalue weighted by molar-refractivity contribution is -0.129. The maximum absolute atomic E-state index is 11.7. The molecule has 3 aromatic rings.